The number of rotatable bonds is 5. The SMILES string of the molecule is Cc1ccc(/C=N\Nc2nc(N3CCCCC3)nc(N3CCCCC3)n2)c(C)c1. The summed E-state index contributed by atoms with van der Waals surface area (Å²) in [5.74, 6) is 2.05. The lowest BCUT2D eigenvalue weighted by Gasteiger charge is -2.30. The standard InChI is InChI=1S/C22H31N7/c1-17-9-10-19(18(2)15-17)16-23-27-20-24-21(28-11-5-3-6-12-28)26-22(25-20)29-13-7-4-8-14-29/h9-10,15-16H,3-8,11-14H2,1-2H3,(H,24,25,26,27)/b23-16-. The molecule has 0 amide bonds. The van der Waals surface area contributed by atoms with E-state index >= 15 is 0 Å². The van der Waals surface area contributed by atoms with Gasteiger partial charge < -0.3 is 9.80 Å². The van der Waals surface area contributed by atoms with E-state index in [1.54, 1.807) is 0 Å². The summed E-state index contributed by atoms with van der Waals surface area (Å²) in [4.78, 5) is 18.7. The van der Waals surface area contributed by atoms with Crippen molar-refractivity contribution in [1.29, 1.82) is 0 Å². The normalized spacial score (nSPS) is 17.7. The number of nitrogens with zero attached hydrogens (tertiary/aromatic N) is 6. The lowest BCUT2D eigenvalue weighted by molar-refractivity contribution is 0.556. The number of hydrogen-bond acceptors (Lipinski definition) is 7. The third-order valence-corrected chi connectivity index (χ3v) is 5.68. The highest BCUT2D eigenvalue weighted by molar-refractivity contribution is 5.82. The zero-order valence-electron chi connectivity index (χ0n) is 17.6. The number of hydrazone groups is 1. The summed E-state index contributed by atoms with van der Waals surface area (Å²) in [6.45, 7) is 8.23. The van der Waals surface area contributed by atoms with E-state index in [-0.39, 0.29) is 0 Å². The highest BCUT2D eigenvalue weighted by Crippen LogP contribution is 2.22. The predicted octanol–water partition coefficient (Wildman–Crippen LogP) is 3.92. The molecule has 2 aliphatic heterocycles. The number of aryl methyl sites for hydroxylation is 2. The largest absolute Gasteiger partial charge is 0.341 e. The van der Waals surface area contributed by atoms with Gasteiger partial charge in [-0.25, -0.2) is 5.43 Å². The molecule has 4 rings (SSSR count). The van der Waals surface area contributed by atoms with Gasteiger partial charge in [0.05, 0.1) is 6.21 Å². The monoisotopic (exact) mass is 393 g/mol. The van der Waals surface area contributed by atoms with Crippen LogP contribution in [0.1, 0.15) is 55.2 Å². The number of nitrogens with one attached hydrogen (secondary N) is 1. The molecule has 0 atom stereocenters. The average molecular weight is 394 g/mol. The molecule has 0 aliphatic carbocycles. The van der Waals surface area contributed by atoms with Gasteiger partial charge in [0.1, 0.15) is 0 Å². The minimum atomic E-state index is 0.516. The van der Waals surface area contributed by atoms with Crippen molar-refractivity contribution < 1.29 is 0 Å². The van der Waals surface area contributed by atoms with Crippen LogP contribution in [0.4, 0.5) is 17.8 Å². The molecule has 0 unspecified atom stereocenters. The van der Waals surface area contributed by atoms with Crippen LogP contribution in [0.3, 0.4) is 0 Å². The Morgan fingerprint density at radius 3 is 1.97 bits per heavy atom. The molecular formula is C22H31N7. The first-order valence-electron chi connectivity index (χ1n) is 10.8. The molecule has 1 N–H and O–H groups in total. The highest BCUT2D eigenvalue weighted by atomic mass is 15.4. The third kappa shape index (κ3) is 5.02. The van der Waals surface area contributed by atoms with Crippen molar-refractivity contribution in [3.8, 4) is 0 Å². The lowest BCUT2D eigenvalue weighted by Crippen LogP contribution is -2.34. The van der Waals surface area contributed by atoms with Crippen LogP contribution in [0.15, 0.2) is 23.3 Å². The van der Waals surface area contributed by atoms with Crippen molar-refractivity contribution in [1.82, 2.24) is 15.0 Å². The quantitative estimate of drug-likeness (QED) is 0.613. The summed E-state index contributed by atoms with van der Waals surface area (Å²) in [6, 6.07) is 6.34. The Bertz CT molecular complexity index is 816. The highest BCUT2D eigenvalue weighted by Gasteiger charge is 2.20. The fourth-order valence-electron chi connectivity index (χ4n) is 4.00. The summed E-state index contributed by atoms with van der Waals surface area (Å²) in [5, 5.41) is 4.41. The molecule has 2 fully saturated rings. The molecule has 0 radical (unpaired) electrons. The first-order valence-corrected chi connectivity index (χ1v) is 10.8. The molecule has 7 nitrogen and oxygen atoms in total. The minimum absolute atomic E-state index is 0.516. The maximum atomic E-state index is 4.81. The van der Waals surface area contributed by atoms with Gasteiger partial charge >= 0.3 is 0 Å². The van der Waals surface area contributed by atoms with Crippen LogP contribution in [0.5, 0.6) is 0 Å². The number of piperidine rings is 2. The fraction of sp³-hybridized carbons (Fsp3) is 0.545. The van der Waals surface area contributed by atoms with Crippen molar-refractivity contribution in [2.75, 3.05) is 41.4 Å². The van der Waals surface area contributed by atoms with E-state index in [0.29, 0.717) is 5.95 Å². The topological polar surface area (TPSA) is 69.5 Å². The van der Waals surface area contributed by atoms with Gasteiger partial charge in [-0.1, -0.05) is 23.8 Å². The van der Waals surface area contributed by atoms with Crippen LogP contribution >= 0.6 is 0 Å². The van der Waals surface area contributed by atoms with Gasteiger partial charge in [0.25, 0.3) is 0 Å². The van der Waals surface area contributed by atoms with Crippen molar-refractivity contribution in [2.45, 2.75) is 52.4 Å². The Hall–Kier alpha value is -2.70. The zero-order chi connectivity index (χ0) is 20.1. The van der Waals surface area contributed by atoms with Crippen LogP contribution in [0.25, 0.3) is 0 Å². The van der Waals surface area contributed by atoms with E-state index < -0.39 is 0 Å². The second-order valence-electron chi connectivity index (χ2n) is 8.08. The molecule has 154 valence electrons. The molecule has 0 bridgehead atoms. The molecule has 0 saturated carbocycles. The molecule has 2 saturated heterocycles. The van der Waals surface area contributed by atoms with E-state index in [4.69, 9.17) is 4.98 Å². The summed E-state index contributed by atoms with van der Waals surface area (Å²) in [7, 11) is 0. The molecule has 29 heavy (non-hydrogen) atoms. The van der Waals surface area contributed by atoms with Crippen LogP contribution in [-0.2, 0) is 0 Å². The van der Waals surface area contributed by atoms with E-state index in [1.807, 2.05) is 6.21 Å². The summed E-state index contributed by atoms with van der Waals surface area (Å²) in [6.07, 6.45) is 9.17. The second kappa shape index (κ2) is 9.20. The van der Waals surface area contributed by atoms with Gasteiger partial charge in [-0.05, 0) is 63.5 Å². The van der Waals surface area contributed by atoms with Gasteiger partial charge in [0, 0.05) is 26.2 Å². The Morgan fingerprint density at radius 2 is 1.41 bits per heavy atom. The van der Waals surface area contributed by atoms with Crippen molar-refractivity contribution >= 4 is 24.1 Å². The fourth-order valence-corrected chi connectivity index (χ4v) is 4.00. The predicted molar refractivity (Wildman–Crippen MR) is 119 cm³/mol. The minimum Gasteiger partial charge on any atom is -0.341 e. The summed E-state index contributed by atoms with van der Waals surface area (Å²) < 4.78 is 0. The van der Waals surface area contributed by atoms with Gasteiger partial charge in [0.2, 0.25) is 17.8 Å². The number of anilines is 3. The van der Waals surface area contributed by atoms with Crippen molar-refractivity contribution in [3.05, 3.63) is 34.9 Å². The number of hydrogen-bond donors (Lipinski definition) is 1. The van der Waals surface area contributed by atoms with Gasteiger partial charge in [-0.15, -0.1) is 0 Å². The lowest BCUT2D eigenvalue weighted by atomic mass is 10.1. The molecule has 3 heterocycles. The Kier molecular flexibility index (Phi) is 6.22. The number of benzene rings is 1. The average Bonchev–Trinajstić information content (AvgIpc) is 2.76. The first-order chi connectivity index (χ1) is 14.2. The van der Waals surface area contributed by atoms with Crippen molar-refractivity contribution in [3.63, 3.8) is 0 Å². The smallest absolute Gasteiger partial charge is 0.250 e. The summed E-state index contributed by atoms with van der Waals surface area (Å²) in [5.41, 5.74) is 6.59. The molecule has 2 aromatic rings. The Balaban J connectivity index is 1.56. The van der Waals surface area contributed by atoms with Gasteiger partial charge in [0.15, 0.2) is 0 Å². The van der Waals surface area contributed by atoms with Gasteiger partial charge in [-0.3, -0.25) is 0 Å². The van der Waals surface area contributed by atoms with Crippen LogP contribution in [0.2, 0.25) is 0 Å². The zero-order valence-corrected chi connectivity index (χ0v) is 17.6. The van der Waals surface area contributed by atoms with Gasteiger partial charge in [-0.2, -0.15) is 20.1 Å². The maximum absolute atomic E-state index is 4.81. The van der Waals surface area contributed by atoms with E-state index in [2.05, 4.69) is 62.3 Å². The van der Waals surface area contributed by atoms with E-state index in [1.165, 1.54) is 49.7 Å². The van der Waals surface area contributed by atoms with E-state index in [0.717, 1.165) is 43.6 Å². The Labute approximate surface area is 173 Å². The van der Waals surface area contributed by atoms with Crippen LogP contribution in [0, 0.1) is 13.8 Å². The van der Waals surface area contributed by atoms with Crippen LogP contribution < -0.4 is 15.2 Å². The Morgan fingerprint density at radius 1 is 0.828 bits per heavy atom. The molecular weight excluding hydrogens is 362 g/mol. The second-order valence-corrected chi connectivity index (χ2v) is 8.08. The first kappa shape index (κ1) is 19.6. The van der Waals surface area contributed by atoms with Crippen molar-refractivity contribution in [2.24, 2.45) is 5.10 Å². The summed E-state index contributed by atoms with van der Waals surface area (Å²) >= 11 is 0. The molecule has 7 heteroatoms. The maximum Gasteiger partial charge on any atom is 0.250 e. The number of aromatic nitrogens is 3. The molecule has 1 aromatic heterocycles. The van der Waals surface area contributed by atoms with Crippen LogP contribution in [-0.4, -0.2) is 47.3 Å². The third-order valence-electron chi connectivity index (χ3n) is 5.68. The molecule has 1 aromatic carbocycles. The van der Waals surface area contributed by atoms with E-state index in [9.17, 15) is 0 Å². The molecule has 0 spiro atoms. The molecule has 2 aliphatic rings.